The molecule has 1 aromatic carbocycles. The summed E-state index contributed by atoms with van der Waals surface area (Å²) in [6.07, 6.45) is 2.95. The van der Waals surface area contributed by atoms with E-state index >= 15 is 0 Å². The molecule has 68 valence electrons. The molecule has 13 heavy (non-hydrogen) atoms. The molecule has 0 aliphatic carbocycles. The molecule has 0 atom stereocenters. The van der Waals surface area contributed by atoms with Crippen molar-refractivity contribution in [1.29, 1.82) is 0 Å². The fraction of sp³-hybridized carbons (Fsp3) is 0.273. The van der Waals surface area contributed by atoms with E-state index in [0.717, 1.165) is 13.0 Å². The van der Waals surface area contributed by atoms with E-state index in [4.69, 9.17) is 4.43 Å². The van der Waals surface area contributed by atoms with Gasteiger partial charge in [0, 0.05) is 6.61 Å². The molecule has 0 saturated carbocycles. The average Bonchev–Trinajstić information content (AvgIpc) is 2.19. The fourth-order valence-corrected chi connectivity index (χ4v) is 1.93. The normalized spacial score (nSPS) is 9.92. The third kappa shape index (κ3) is 3.17. The standard InChI is InChI=1S/C11H14OSi/c1-3-9-12-13-11-8-6-5-7-10(11)4-2/h4-8H,2-3,9H2,1H3. The Morgan fingerprint density at radius 3 is 2.92 bits per heavy atom. The summed E-state index contributed by atoms with van der Waals surface area (Å²) in [5.74, 6) is 0. The first-order chi connectivity index (χ1) is 6.38. The molecular weight excluding hydrogens is 176 g/mol. The monoisotopic (exact) mass is 190 g/mol. The molecule has 0 N–H and O–H groups in total. The third-order valence-corrected chi connectivity index (χ3v) is 2.69. The van der Waals surface area contributed by atoms with E-state index in [1.807, 2.05) is 18.2 Å². The van der Waals surface area contributed by atoms with Gasteiger partial charge in [0.25, 0.3) is 9.76 Å². The topological polar surface area (TPSA) is 9.23 Å². The predicted octanol–water partition coefficient (Wildman–Crippen LogP) is 2.00. The van der Waals surface area contributed by atoms with Gasteiger partial charge in [-0.3, -0.25) is 0 Å². The van der Waals surface area contributed by atoms with Crippen molar-refractivity contribution in [3.8, 4) is 0 Å². The van der Waals surface area contributed by atoms with Crippen molar-refractivity contribution in [2.45, 2.75) is 13.3 Å². The summed E-state index contributed by atoms with van der Waals surface area (Å²) in [5.41, 5.74) is 1.18. The van der Waals surface area contributed by atoms with E-state index in [1.165, 1.54) is 10.8 Å². The highest BCUT2D eigenvalue weighted by molar-refractivity contribution is 6.48. The quantitative estimate of drug-likeness (QED) is 0.510. The summed E-state index contributed by atoms with van der Waals surface area (Å²) in [4.78, 5) is 0. The molecule has 0 unspecified atom stereocenters. The lowest BCUT2D eigenvalue weighted by Crippen LogP contribution is -2.20. The zero-order valence-electron chi connectivity index (χ0n) is 7.92. The van der Waals surface area contributed by atoms with Gasteiger partial charge in [-0.15, -0.1) is 0 Å². The maximum atomic E-state index is 5.49. The molecule has 0 heterocycles. The molecule has 0 amide bonds. The molecule has 1 aromatic rings. The van der Waals surface area contributed by atoms with Crippen LogP contribution >= 0.6 is 0 Å². The van der Waals surface area contributed by atoms with Gasteiger partial charge in [-0.05, 0) is 17.2 Å². The number of hydrogen-bond donors (Lipinski definition) is 0. The van der Waals surface area contributed by atoms with Crippen molar-refractivity contribution in [3.05, 3.63) is 36.4 Å². The highest BCUT2D eigenvalue weighted by Gasteiger charge is 1.99. The summed E-state index contributed by atoms with van der Waals surface area (Å²) in [6, 6.07) is 8.20. The minimum absolute atomic E-state index is 0.446. The van der Waals surface area contributed by atoms with Crippen LogP contribution in [0.1, 0.15) is 18.9 Å². The first-order valence-electron chi connectivity index (χ1n) is 4.47. The van der Waals surface area contributed by atoms with Crippen LogP contribution in [-0.4, -0.2) is 16.4 Å². The smallest absolute Gasteiger partial charge is 0.269 e. The van der Waals surface area contributed by atoms with Crippen molar-refractivity contribution in [1.82, 2.24) is 0 Å². The third-order valence-electron chi connectivity index (χ3n) is 1.67. The molecule has 2 heteroatoms. The summed E-state index contributed by atoms with van der Waals surface area (Å²) >= 11 is 0. The van der Waals surface area contributed by atoms with Crippen LogP contribution in [0.4, 0.5) is 0 Å². The molecule has 0 aliphatic rings. The van der Waals surface area contributed by atoms with Gasteiger partial charge in [-0.1, -0.05) is 43.8 Å². The van der Waals surface area contributed by atoms with Crippen LogP contribution in [-0.2, 0) is 4.43 Å². The van der Waals surface area contributed by atoms with Crippen LogP contribution in [0.3, 0.4) is 0 Å². The van der Waals surface area contributed by atoms with Crippen molar-refractivity contribution >= 4 is 21.0 Å². The first kappa shape index (κ1) is 10.2. The summed E-state index contributed by atoms with van der Waals surface area (Å²) in [7, 11) is 0.446. The Kier molecular flexibility index (Phi) is 4.50. The van der Waals surface area contributed by atoms with Crippen LogP contribution in [0.15, 0.2) is 30.8 Å². The molecule has 2 radical (unpaired) electrons. The molecule has 0 saturated heterocycles. The molecule has 0 aliphatic heterocycles. The lowest BCUT2D eigenvalue weighted by Gasteiger charge is -2.03. The van der Waals surface area contributed by atoms with Gasteiger partial charge in [0.1, 0.15) is 0 Å². The molecule has 1 nitrogen and oxygen atoms in total. The van der Waals surface area contributed by atoms with Crippen LogP contribution in [0.25, 0.3) is 6.08 Å². The molecular formula is C11H14OSi. The highest BCUT2D eigenvalue weighted by atomic mass is 28.2. The van der Waals surface area contributed by atoms with E-state index < -0.39 is 0 Å². The number of rotatable bonds is 5. The SMILES string of the molecule is C=Cc1ccccc1[Si]OCCC. The molecule has 0 aromatic heterocycles. The zero-order chi connectivity index (χ0) is 9.52. The van der Waals surface area contributed by atoms with Crippen molar-refractivity contribution in [2.75, 3.05) is 6.61 Å². The van der Waals surface area contributed by atoms with Gasteiger partial charge in [-0.25, -0.2) is 0 Å². The fourth-order valence-electron chi connectivity index (χ4n) is 0.999. The van der Waals surface area contributed by atoms with E-state index in [9.17, 15) is 0 Å². The van der Waals surface area contributed by atoms with E-state index in [1.54, 1.807) is 0 Å². The van der Waals surface area contributed by atoms with Gasteiger partial charge in [0.05, 0.1) is 0 Å². The Morgan fingerprint density at radius 2 is 2.23 bits per heavy atom. The molecule has 0 fully saturated rings. The Labute approximate surface area is 82.4 Å². The maximum Gasteiger partial charge on any atom is 0.269 e. The largest absolute Gasteiger partial charge is 0.411 e. The molecule has 0 bridgehead atoms. The second kappa shape index (κ2) is 5.73. The van der Waals surface area contributed by atoms with Crippen molar-refractivity contribution < 1.29 is 4.43 Å². The van der Waals surface area contributed by atoms with Crippen LogP contribution in [0.5, 0.6) is 0 Å². The Bertz CT molecular complexity index is 271. The predicted molar refractivity (Wildman–Crippen MR) is 58.2 cm³/mol. The van der Waals surface area contributed by atoms with E-state index in [0.29, 0.717) is 9.76 Å². The van der Waals surface area contributed by atoms with Crippen molar-refractivity contribution in [2.24, 2.45) is 0 Å². The lowest BCUT2D eigenvalue weighted by atomic mass is 10.2. The van der Waals surface area contributed by atoms with Gasteiger partial charge in [0.2, 0.25) is 0 Å². The van der Waals surface area contributed by atoms with Crippen LogP contribution < -0.4 is 5.19 Å². The second-order valence-corrected chi connectivity index (χ2v) is 3.77. The van der Waals surface area contributed by atoms with Crippen LogP contribution in [0.2, 0.25) is 0 Å². The first-order valence-corrected chi connectivity index (χ1v) is 5.38. The van der Waals surface area contributed by atoms with Gasteiger partial charge in [0.15, 0.2) is 0 Å². The highest BCUT2D eigenvalue weighted by Crippen LogP contribution is 1.96. The van der Waals surface area contributed by atoms with E-state index in [-0.39, 0.29) is 0 Å². The second-order valence-electron chi connectivity index (χ2n) is 2.74. The van der Waals surface area contributed by atoms with Crippen molar-refractivity contribution in [3.63, 3.8) is 0 Å². The Balaban J connectivity index is 2.59. The van der Waals surface area contributed by atoms with Gasteiger partial charge in [-0.2, -0.15) is 0 Å². The minimum Gasteiger partial charge on any atom is -0.411 e. The van der Waals surface area contributed by atoms with E-state index in [2.05, 4.69) is 25.6 Å². The van der Waals surface area contributed by atoms with Gasteiger partial charge >= 0.3 is 0 Å². The number of hydrogen-bond acceptors (Lipinski definition) is 1. The maximum absolute atomic E-state index is 5.49. The molecule has 1 rings (SSSR count). The summed E-state index contributed by atoms with van der Waals surface area (Å²) < 4.78 is 5.49. The Morgan fingerprint density at radius 1 is 1.46 bits per heavy atom. The zero-order valence-corrected chi connectivity index (χ0v) is 8.92. The minimum atomic E-state index is 0.446. The van der Waals surface area contributed by atoms with Crippen LogP contribution in [0, 0.1) is 0 Å². The molecule has 0 spiro atoms. The summed E-state index contributed by atoms with van der Waals surface area (Å²) in [6.45, 7) is 6.72. The number of benzene rings is 1. The lowest BCUT2D eigenvalue weighted by molar-refractivity contribution is 0.341. The summed E-state index contributed by atoms with van der Waals surface area (Å²) in [5, 5.41) is 1.24. The average molecular weight is 190 g/mol. The Hall–Kier alpha value is -0.863. The van der Waals surface area contributed by atoms with Gasteiger partial charge < -0.3 is 4.43 Å².